The first-order chi connectivity index (χ1) is 15.6. The smallest absolute Gasteiger partial charge is 0.256 e. The molecule has 5 heterocycles. The van der Waals surface area contributed by atoms with Crippen molar-refractivity contribution in [1.29, 1.82) is 0 Å². The molecule has 0 unspecified atom stereocenters. The molecular formula is C25H29N5O2. The molecule has 1 atom stereocenters. The van der Waals surface area contributed by atoms with Gasteiger partial charge in [0, 0.05) is 19.3 Å². The number of ether oxygens (including phenoxy) is 1. The number of rotatable bonds is 3. The third-order valence-corrected chi connectivity index (χ3v) is 7.38. The third kappa shape index (κ3) is 3.13. The van der Waals surface area contributed by atoms with Crippen LogP contribution >= 0.6 is 0 Å². The van der Waals surface area contributed by atoms with Crippen molar-refractivity contribution in [3.8, 4) is 0 Å². The van der Waals surface area contributed by atoms with E-state index < -0.39 is 0 Å². The van der Waals surface area contributed by atoms with Crippen LogP contribution in [0.5, 0.6) is 0 Å². The summed E-state index contributed by atoms with van der Waals surface area (Å²) in [6.07, 6.45) is 9.51. The lowest BCUT2D eigenvalue weighted by molar-refractivity contribution is -0.132. The quantitative estimate of drug-likeness (QED) is 0.678. The molecule has 2 fully saturated rings. The van der Waals surface area contributed by atoms with Crippen molar-refractivity contribution in [1.82, 2.24) is 19.9 Å². The summed E-state index contributed by atoms with van der Waals surface area (Å²) >= 11 is 0. The number of pyridine rings is 2. The molecule has 1 N–H and O–H groups in total. The van der Waals surface area contributed by atoms with Crippen LogP contribution in [-0.4, -0.2) is 45.1 Å². The van der Waals surface area contributed by atoms with Gasteiger partial charge in [0.25, 0.3) is 5.91 Å². The first-order valence-electron chi connectivity index (χ1n) is 11.9. The molecule has 32 heavy (non-hydrogen) atoms. The minimum atomic E-state index is -0.307. The van der Waals surface area contributed by atoms with Crippen molar-refractivity contribution in [3.05, 3.63) is 47.2 Å². The minimum absolute atomic E-state index is 0.0947. The number of nitrogens with one attached hydrogen (secondary N) is 1. The predicted molar refractivity (Wildman–Crippen MR) is 122 cm³/mol. The summed E-state index contributed by atoms with van der Waals surface area (Å²) in [5.74, 6) is 1.06. The van der Waals surface area contributed by atoms with Crippen LogP contribution in [0, 0.1) is 6.92 Å². The lowest BCUT2D eigenvalue weighted by Crippen LogP contribution is -2.45. The fraction of sp³-hybridized carbons (Fsp3) is 0.520. The summed E-state index contributed by atoms with van der Waals surface area (Å²) in [5.41, 5.74) is 5.70. The highest BCUT2D eigenvalue weighted by Crippen LogP contribution is 2.48. The zero-order valence-corrected chi connectivity index (χ0v) is 18.6. The number of hydrogen-bond acceptors (Lipinski definition) is 5. The number of amides is 1. The summed E-state index contributed by atoms with van der Waals surface area (Å²) in [7, 11) is 0. The van der Waals surface area contributed by atoms with Crippen LogP contribution in [0.25, 0.3) is 11.2 Å². The Labute approximate surface area is 187 Å². The number of aromatic nitrogens is 4. The van der Waals surface area contributed by atoms with Crippen molar-refractivity contribution in [2.24, 2.45) is 0 Å². The Kier molecular flexibility index (Phi) is 4.75. The van der Waals surface area contributed by atoms with Gasteiger partial charge in [0.2, 0.25) is 0 Å². The standard InChI is InChI=1S/C25H29N5O2/c1-16-14-18-22(26-15-16)29-24(28-18)25(10-5-11-25)21-9-8-19-17(27-21)6-4-12-30(19)23(31)20-7-2-3-13-32-20/h8-9,14-15,20H,2-7,10-13H2,1H3,(H,26,28,29)/t20-/m0/s1. The number of aryl methyl sites for hydroxylation is 2. The number of anilines is 1. The molecule has 3 aromatic rings. The molecule has 0 radical (unpaired) electrons. The van der Waals surface area contributed by atoms with Crippen LogP contribution in [0.3, 0.4) is 0 Å². The van der Waals surface area contributed by atoms with Crippen molar-refractivity contribution in [2.45, 2.75) is 69.8 Å². The van der Waals surface area contributed by atoms with Gasteiger partial charge in [-0.2, -0.15) is 0 Å². The van der Waals surface area contributed by atoms with Crippen molar-refractivity contribution >= 4 is 22.8 Å². The molecule has 1 amide bonds. The van der Waals surface area contributed by atoms with Gasteiger partial charge in [-0.25, -0.2) is 9.97 Å². The molecule has 7 heteroatoms. The molecule has 1 aliphatic carbocycles. The van der Waals surface area contributed by atoms with E-state index in [2.05, 4.69) is 28.2 Å². The van der Waals surface area contributed by atoms with Crippen LogP contribution in [0.4, 0.5) is 5.69 Å². The van der Waals surface area contributed by atoms with Crippen LogP contribution in [0.2, 0.25) is 0 Å². The Bertz CT molecular complexity index is 1180. The number of nitrogens with zero attached hydrogens (tertiary/aromatic N) is 4. The Morgan fingerprint density at radius 1 is 1.19 bits per heavy atom. The maximum Gasteiger partial charge on any atom is 0.256 e. The molecule has 0 spiro atoms. The fourth-order valence-electron chi connectivity index (χ4n) is 5.43. The van der Waals surface area contributed by atoms with E-state index in [1.807, 2.05) is 18.0 Å². The van der Waals surface area contributed by atoms with E-state index in [9.17, 15) is 4.79 Å². The average Bonchev–Trinajstić information content (AvgIpc) is 3.21. The van der Waals surface area contributed by atoms with Gasteiger partial charge >= 0.3 is 0 Å². The average molecular weight is 432 g/mol. The Morgan fingerprint density at radius 3 is 2.88 bits per heavy atom. The molecule has 0 bridgehead atoms. The fourth-order valence-corrected chi connectivity index (χ4v) is 5.43. The second-order valence-corrected chi connectivity index (χ2v) is 9.52. The summed E-state index contributed by atoms with van der Waals surface area (Å²) in [5, 5.41) is 0. The summed E-state index contributed by atoms with van der Waals surface area (Å²) in [6, 6.07) is 6.31. The lowest BCUT2D eigenvalue weighted by atomic mass is 9.65. The van der Waals surface area contributed by atoms with Gasteiger partial charge in [0.05, 0.1) is 28.0 Å². The highest BCUT2D eigenvalue weighted by Gasteiger charge is 2.45. The lowest BCUT2D eigenvalue weighted by Gasteiger charge is -2.40. The maximum atomic E-state index is 13.2. The SMILES string of the molecule is Cc1cnc2nc(C3(c4ccc5c(n4)CCCN5C(=O)[C@@H]4CCCCO4)CCC3)[nH]c2c1. The molecule has 166 valence electrons. The molecule has 3 aliphatic rings. The zero-order valence-electron chi connectivity index (χ0n) is 18.6. The number of carbonyl (C=O) groups is 1. The molecular weight excluding hydrogens is 402 g/mol. The minimum Gasteiger partial charge on any atom is -0.368 e. The molecule has 1 saturated heterocycles. The Balaban J connectivity index is 1.35. The van der Waals surface area contributed by atoms with Gasteiger partial charge < -0.3 is 14.6 Å². The first-order valence-corrected chi connectivity index (χ1v) is 11.9. The number of carbonyl (C=O) groups excluding carboxylic acids is 1. The van der Waals surface area contributed by atoms with Crippen molar-refractivity contribution in [2.75, 3.05) is 18.1 Å². The van der Waals surface area contributed by atoms with Gasteiger partial charge in [-0.05, 0) is 75.6 Å². The maximum absolute atomic E-state index is 13.2. The van der Waals surface area contributed by atoms with Crippen LogP contribution in [0.15, 0.2) is 24.4 Å². The zero-order chi connectivity index (χ0) is 21.7. The number of hydrogen-bond donors (Lipinski definition) is 1. The highest BCUT2D eigenvalue weighted by molar-refractivity contribution is 5.97. The van der Waals surface area contributed by atoms with E-state index in [0.29, 0.717) is 6.61 Å². The summed E-state index contributed by atoms with van der Waals surface area (Å²) in [6.45, 7) is 3.47. The van der Waals surface area contributed by atoms with E-state index in [1.165, 1.54) is 0 Å². The first kappa shape index (κ1) is 19.9. The molecule has 3 aromatic heterocycles. The van der Waals surface area contributed by atoms with Gasteiger partial charge in [0.1, 0.15) is 11.9 Å². The molecule has 0 aromatic carbocycles. The second kappa shape index (κ2) is 7.66. The Hall–Kier alpha value is -2.80. The van der Waals surface area contributed by atoms with Crippen LogP contribution < -0.4 is 4.90 Å². The van der Waals surface area contributed by atoms with E-state index in [4.69, 9.17) is 14.7 Å². The third-order valence-electron chi connectivity index (χ3n) is 7.38. The van der Waals surface area contributed by atoms with Gasteiger partial charge in [-0.3, -0.25) is 9.78 Å². The summed E-state index contributed by atoms with van der Waals surface area (Å²) < 4.78 is 5.78. The van der Waals surface area contributed by atoms with E-state index in [1.54, 1.807) is 0 Å². The number of H-pyrrole nitrogens is 1. The van der Waals surface area contributed by atoms with E-state index in [-0.39, 0.29) is 17.4 Å². The van der Waals surface area contributed by atoms with Crippen LogP contribution in [-0.2, 0) is 21.4 Å². The summed E-state index contributed by atoms with van der Waals surface area (Å²) in [4.78, 5) is 33.1. The normalized spacial score (nSPS) is 22.4. The highest BCUT2D eigenvalue weighted by atomic mass is 16.5. The van der Waals surface area contributed by atoms with Crippen molar-refractivity contribution in [3.63, 3.8) is 0 Å². The number of aromatic amines is 1. The van der Waals surface area contributed by atoms with Gasteiger partial charge in [-0.15, -0.1) is 0 Å². The molecule has 6 rings (SSSR count). The second-order valence-electron chi connectivity index (χ2n) is 9.52. The molecule has 2 aliphatic heterocycles. The molecule has 7 nitrogen and oxygen atoms in total. The monoisotopic (exact) mass is 431 g/mol. The van der Waals surface area contributed by atoms with Crippen LogP contribution in [0.1, 0.15) is 67.7 Å². The predicted octanol–water partition coefficient (Wildman–Crippen LogP) is 3.98. The Morgan fingerprint density at radius 2 is 2.09 bits per heavy atom. The van der Waals surface area contributed by atoms with E-state index in [0.717, 1.165) is 97.5 Å². The molecule has 1 saturated carbocycles. The number of fused-ring (bicyclic) bond motifs is 2. The number of imidazole rings is 1. The largest absolute Gasteiger partial charge is 0.368 e. The topological polar surface area (TPSA) is 84.0 Å². The van der Waals surface area contributed by atoms with Gasteiger partial charge in [0.15, 0.2) is 5.65 Å². The van der Waals surface area contributed by atoms with E-state index >= 15 is 0 Å². The van der Waals surface area contributed by atoms with Gasteiger partial charge in [-0.1, -0.05) is 6.42 Å². The van der Waals surface area contributed by atoms with Crippen molar-refractivity contribution < 1.29 is 9.53 Å².